The van der Waals surface area contributed by atoms with Crippen molar-refractivity contribution in [1.82, 2.24) is 9.88 Å². The standard InChI is InChI=1S/C17H21N3O4S2/c1-24-14-5-7-15(8-6-14)26(22,23)19-17-18-13(12-25-17)4-9-16(21)20-10-2-3-11-20/h5-8,12H,2-4,9-11H2,1H3,(H,18,19). The van der Waals surface area contributed by atoms with E-state index in [9.17, 15) is 13.2 Å². The van der Waals surface area contributed by atoms with Crippen molar-refractivity contribution in [3.05, 3.63) is 35.3 Å². The zero-order valence-electron chi connectivity index (χ0n) is 14.5. The van der Waals surface area contributed by atoms with Crippen molar-refractivity contribution >= 4 is 32.4 Å². The lowest BCUT2D eigenvalue weighted by Gasteiger charge is -2.14. The third kappa shape index (κ3) is 4.53. The van der Waals surface area contributed by atoms with E-state index in [1.54, 1.807) is 17.5 Å². The van der Waals surface area contributed by atoms with E-state index in [0.29, 0.717) is 23.7 Å². The molecule has 0 unspecified atom stereocenters. The van der Waals surface area contributed by atoms with Crippen LogP contribution in [-0.2, 0) is 21.2 Å². The van der Waals surface area contributed by atoms with Gasteiger partial charge in [0.2, 0.25) is 5.91 Å². The Labute approximate surface area is 157 Å². The summed E-state index contributed by atoms with van der Waals surface area (Å²) < 4.78 is 32.3. The second kappa shape index (κ2) is 8.05. The van der Waals surface area contributed by atoms with Crippen molar-refractivity contribution in [2.45, 2.75) is 30.6 Å². The van der Waals surface area contributed by atoms with Crippen LogP contribution in [0.4, 0.5) is 5.13 Å². The molecule has 2 heterocycles. The summed E-state index contributed by atoms with van der Waals surface area (Å²) in [6.07, 6.45) is 3.05. The van der Waals surface area contributed by atoms with Crippen LogP contribution in [0.1, 0.15) is 25.0 Å². The number of amides is 1. The Kier molecular flexibility index (Phi) is 5.77. The number of rotatable bonds is 7. The van der Waals surface area contributed by atoms with Crippen molar-refractivity contribution < 1.29 is 17.9 Å². The lowest BCUT2D eigenvalue weighted by molar-refractivity contribution is -0.130. The molecule has 0 saturated carbocycles. The molecule has 140 valence electrons. The molecule has 0 aliphatic carbocycles. The molecule has 3 rings (SSSR count). The molecule has 0 spiro atoms. The van der Waals surface area contributed by atoms with E-state index in [4.69, 9.17) is 4.74 Å². The topological polar surface area (TPSA) is 88.6 Å². The normalized spacial score (nSPS) is 14.4. The van der Waals surface area contributed by atoms with E-state index in [2.05, 4.69) is 9.71 Å². The number of likely N-dealkylation sites (tertiary alicyclic amines) is 1. The van der Waals surface area contributed by atoms with E-state index in [0.717, 1.165) is 31.6 Å². The van der Waals surface area contributed by atoms with Crippen LogP contribution < -0.4 is 9.46 Å². The molecule has 1 fully saturated rings. The largest absolute Gasteiger partial charge is 0.497 e. The Morgan fingerprint density at radius 1 is 1.27 bits per heavy atom. The maximum absolute atomic E-state index is 12.4. The zero-order chi connectivity index (χ0) is 18.6. The summed E-state index contributed by atoms with van der Waals surface area (Å²) >= 11 is 1.21. The van der Waals surface area contributed by atoms with Crippen molar-refractivity contribution in [3.63, 3.8) is 0 Å². The van der Waals surface area contributed by atoms with Crippen LogP contribution in [-0.4, -0.2) is 44.4 Å². The first-order valence-electron chi connectivity index (χ1n) is 8.37. The monoisotopic (exact) mass is 395 g/mol. The Morgan fingerprint density at radius 2 is 1.96 bits per heavy atom. The lowest BCUT2D eigenvalue weighted by atomic mass is 10.2. The van der Waals surface area contributed by atoms with E-state index < -0.39 is 10.0 Å². The minimum Gasteiger partial charge on any atom is -0.497 e. The number of carbonyl (C=O) groups is 1. The average molecular weight is 396 g/mol. The zero-order valence-corrected chi connectivity index (χ0v) is 16.1. The van der Waals surface area contributed by atoms with E-state index in [1.165, 1.54) is 30.6 Å². The molecule has 1 aliphatic rings. The fraction of sp³-hybridized carbons (Fsp3) is 0.412. The summed E-state index contributed by atoms with van der Waals surface area (Å²) in [6.45, 7) is 1.67. The maximum Gasteiger partial charge on any atom is 0.263 e. The molecule has 2 aromatic rings. The number of aryl methyl sites for hydroxylation is 1. The van der Waals surface area contributed by atoms with Crippen LogP contribution in [0.3, 0.4) is 0 Å². The van der Waals surface area contributed by atoms with E-state index >= 15 is 0 Å². The van der Waals surface area contributed by atoms with Gasteiger partial charge in [0.15, 0.2) is 5.13 Å². The Morgan fingerprint density at radius 3 is 2.62 bits per heavy atom. The fourth-order valence-electron chi connectivity index (χ4n) is 2.76. The number of hydrogen-bond donors (Lipinski definition) is 1. The molecule has 0 radical (unpaired) electrons. The van der Waals surface area contributed by atoms with Gasteiger partial charge in [-0.05, 0) is 43.5 Å². The summed E-state index contributed by atoms with van der Waals surface area (Å²) in [5.41, 5.74) is 0.718. The molecule has 9 heteroatoms. The number of methoxy groups -OCH3 is 1. The highest BCUT2D eigenvalue weighted by Crippen LogP contribution is 2.22. The van der Waals surface area contributed by atoms with Crippen LogP contribution in [0.25, 0.3) is 0 Å². The second-order valence-corrected chi connectivity index (χ2v) is 8.55. The third-order valence-electron chi connectivity index (χ3n) is 4.20. The van der Waals surface area contributed by atoms with Crippen molar-refractivity contribution in [1.29, 1.82) is 0 Å². The van der Waals surface area contributed by atoms with Crippen LogP contribution in [0.2, 0.25) is 0 Å². The molecule has 1 aromatic carbocycles. The quantitative estimate of drug-likeness (QED) is 0.778. The van der Waals surface area contributed by atoms with Crippen LogP contribution in [0.15, 0.2) is 34.5 Å². The molecule has 1 N–H and O–H groups in total. The van der Waals surface area contributed by atoms with Gasteiger partial charge in [0.05, 0.1) is 17.7 Å². The highest BCUT2D eigenvalue weighted by atomic mass is 32.2. The SMILES string of the molecule is COc1ccc(S(=O)(=O)Nc2nc(CCC(=O)N3CCCC3)cs2)cc1. The molecular formula is C17H21N3O4S2. The number of thiazole rings is 1. The molecule has 1 aliphatic heterocycles. The Bertz CT molecular complexity index is 856. The minimum atomic E-state index is -3.70. The fourth-order valence-corrected chi connectivity index (χ4v) is 4.75. The first-order chi connectivity index (χ1) is 12.5. The Hall–Kier alpha value is -2.13. The number of sulfonamides is 1. The number of hydrogen-bond acceptors (Lipinski definition) is 6. The van der Waals surface area contributed by atoms with Gasteiger partial charge in [-0.15, -0.1) is 11.3 Å². The number of benzene rings is 1. The van der Waals surface area contributed by atoms with Gasteiger partial charge in [-0.2, -0.15) is 0 Å². The van der Waals surface area contributed by atoms with Crippen molar-refractivity contribution in [3.8, 4) is 5.75 Å². The van der Waals surface area contributed by atoms with Crippen molar-refractivity contribution in [2.24, 2.45) is 0 Å². The summed E-state index contributed by atoms with van der Waals surface area (Å²) in [5.74, 6) is 0.721. The highest BCUT2D eigenvalue weighted by Gasteiger charge is 2.19. The minimum absolute atomic E-state index is 0.135. The van der Waals surface area contributed by atoms with Crippen LogP contribution in [0, 0.1) is 0 Å². The second-order valence-electron chi connectivity index (χ2n) is 6.01. The van der Waals surface area contributed by atoms with Gasteiger partial charge in [0, 0.05) is 24.9 Å². The third-order valence-corrected chi connectivity index (χ3v) is 6.49. The van der Waals surface area contributed by atoms with Gasteiger partial charge in [0.25, 0.3) is 10.0 Å². The summed E-state index contributed by atoms with van der Waals surface area (Å²) in [4.78, 5) is 18.4. The van der Waals surface area contributed by atoms with E-state index in [1.807, 2.05) is 4.90 Å². The number of nitrogens with zero attached hydrogens (tertiary/aromatic N) is 2. The first kappa shape index (κ1) is 18.7. The van der Waals surface area contributed by atoms with Crippen LogP contribution in [0.5, 0.6) is 5.75 Å². The van der Waals surface area contributed by atoms with Gasteiger partial charge < -0.3 is 9.64 Å². The number of anilines is 1. The first-order valence-corrected chi connectivity index (χ1v) is 10.7. The van der Waals surface area contributed by atoms with Crippen molar-refractivity contribution in [2.75, 3.05) is 24.9 Å². The highest BCUT2D eigenvalue weighted by molar-refractivity contribution is 7.93. The van der Waals surface area contributed by atoms with E-state index in [-0.39, 0.29) is 10.8 Å². The molecule has 0 bridgehead atoms. The predicted molar refractivity (Wildman–Crippen MR) is 100 cm³/mol. The number of nitrogens with one attached hydrogen (secondary N) is 1. The molecule has 1 saturated heterocycles. The number of ether oxygens (including phenoxy) is 1. The molecule has 0 atom stereocenters. The summed E-state index contributed by atoms with van der Waals surface area (Å²) in [6, 6.07) is 6.13. The molecule has 26 heavy (non-hydrogen) atoms. The average Bonchev–Trinajstić information content (AvgIpc) is 3.31. The van der Waals surface area contributed by atoms with Gasteiger partial charge in [-0.3, -0.25) is 9.52 Å². The maximum atomic E-state index is 12.4. The number of carbonyl (C=O) groups excluding carboxylic acids is 1. The predicted octanol–water partition coefficient (Wildman–Crippen LogP) is 2.51. The number of aromatic nitrogens is 1. The molecule has 1 aromatic heterocycles. The molecular weight excluding hydrogens is 374 g/mol. The smallest absolute Gasteiger partial charge is 0.263 e. The summed E-state index contributed by atoms with van der Waals surface area (Å²) in [7, 11) is -2.18. The van der Waals surface area contributed by atoms with Gasteiger partial charge in [0.1, 0.15) is 5.75 Å². The molecule has 1 amide bonds. The Balaban J connectivity index is 1.59. The summed E-state index contributed by atoms with van der Waals surface area (Å²) in [5, 5.41) is 2.08. The van der Waals surface area contributed by atoms with Gasteiger partial charge in [-0.25, -0.2) is 13.4 Å². The lowest BCUT2D eigenvalue weighted by Crippen LogP contribution is -2.27. The molecule has 7 nitrogen and oxygen atoms in total. The van der Waals surface area contributed by atoms with Gasteiger partial charge in [-0.1, -0.05) is 0 Å². The van der Waals surface area contributed by atoms with Crippen LogP contribution >= 0.6 is 11.3 Å². The van der Waals surface area contributed by atoms with Gasteiger partial charge >= 0.3 is 0 Å².